The van der Waals surface area contributed by atoms with Crippen LogP contribution in [0, 0.1) is 0 Å². The van der Waals surface area contributed by atoms with Crippen molar-refractivity contribution in [3.05, 3.63) is 35.9 Å². The van der Waals surface area contributed by atoms with Crippen LogP contribution >= 0.6 is 0 Å². The molecule has 80 valence electrons. The number of nitrogens with one attached hydrogen (secondary N) is 1. The molecule has 0 fully saturated rings. The standard InChI is InChI=1S/C13H17NO/c1-2-15-13-5-3-4-12(10-13)11-6-8-14-9-7-11/h3-6,10,14H,2,7-9H2,1H3. The van der Waals surface area contributed by atoms with Crippen molar-refractivity contribution in [1.82, 2.24) is 5.32 Å². The molecule has 0 amide bonds. The van der Waals surface area contributed by atoms with Gasteiger partial charge >= 0.3 is 0 Å². The Kier molecular flexibility index (Phi) is 3.41. The van der Waals surface area contributed by atoms with Crippen molar-refractivity contribution in [3.8, 4) is 5.75 Å². The summed E-state index contributed by atoms with van der Waals surface area (Å²) < 4.78 is 5.49. The van der Waals surface area contributed by atoms with Crippen molar-refractivity contribution >= 4 is 5.57 Å². The first-order valence-electron chi connectivity index (χ1n) is 5.53. The lowest BCUT2D eigenvalue weighted by atomic mass is 10.0. The van der Waals surface area contributed by atoms with Crippen LogP contribution in [-0.2, 0) is 0 Å². The lowest BCUT2D eigenvalue weighted by Gasteiger charge is -2.14. The average molecular weight is 203 g/mol. The minimum atomic E-state index is 0.726. The van der Waals surface area contributed by atoms with Gasteiger partial charge in [0.25, 0.3) is 0 Å². The number of rotatable bonds is 3. The highest BCUT2D eigenvalue weighted by Crippen LogP contribution is 2.23. The highest BCUT2D eigenvalue weighted by Gasteiger charge is 2.06. The number of benzene rings is 1. The van der Waals surface area contributed by atoms with Crippen LogP contribution in [0.15, 0.2) is 30.3 Å². The quantitative estimate of drug-likeness (QED) is 0.814. The zero-order valence-corrected chi connectivity index (χ0v) is 9.12. The van der Waals surface area contributed by atoms with Crippen LogP contribution in [0.1, 0.15) is 18.9 Å². The summed E-state index contributed by atoms with van der Waals surface area (Å²) in [6.07, 6.45) is 3.37. The maximum Gasteiger partial charge on any atom is 0.119 e. The van der Waals surface area contributed by atoms with Crippen molar-refractivity contribution < 1.29 is 4.74 Å². The molecule has 1 aromatic rings. The third-order valence-corrected chi connectivity index (χ3v) is 2.58. The van der Waals surface area contributed by atoms with Crippen LogP contribution in [0.4, 0.5) is 0 Å². The first-order valence-corrected chi connectivity index (χ1v) is 5.53. The second kappa shape index (κ2) is 4.99. The highest BCUT2D eigenvalue weighted by atomic mass is 16.5. The van der Waals surface area contributed by atoms with Crippen molar-refractivity contribution in [2.24, 2.45) is 0 Å². The summed E-state index contributed by atoms with van der Waals surface area (Å²) >= 11 is 0. The smallest absolute Gasteiger partial charge is 0.119 e. The minimum Gasteiger partial charge on any atom is -0.494 e. The van der Waals surface area contributed by atoms with Gasteiger partial charge in [-0.15, -0.1) is 0 Å². The van der Waals surface area contributed by atoms with Gasteiger partial charge < -0.3 is 10.1 Å². The summed E-state index contributed by atoms with van der Waals surface area (Å²) in [5.74, 6) is 0.967. The van der Waals surface area contributed by atoms with E-state index >= 15 is 0 Å². The van der Waals surface area contributed by atoms with E-state index in [-0.39, 0.29) is 0 Å². The van der Waals surface area contributed by atoms with Gasteiger partial charge in [-0.25, -0.2) is 0 Å². The van der Waals surface area contributed by atoms with Gasteiger partial charge in [-0.1, -0.05) is 18.2 Å². The van der Waals surface area contributed by atoms with Crippen molar-refractivity contribution in [2.75, 3.05) is 19.7 Å². The predicted octanol–water partition coefficient (Wildman–Crippen LogP) is 2.46. The van der Waals surface area contributed by atoms with Gasteiger partial charge in [-0.2, -0.15) is 0 Å². The predicted molar refractivity (Wildman–Crippen MR) is 63.1 cm³/mol. The molecule has 0 saturated heterocycles. The van der Waals surface area contributed by atoms with Crippen LogP contribution in [-0.4, -0.2) is 19.7 Å². The Morgan fingerprint density at radius 3 is 3.07 bits per heavy atom. The molecule has 0 spiro atoms. The van der Waals surface area contributed by atoms with Crippen molar-refractivity contribution in [3.63, 3.8) is 0 Å². The van der Waals surface area contributed by atoms with E-state index in [1.165, 1.54) is 11.1 Å². The summed E-state index contributed by atoms with van der Waals surface area (Å²) in [5, 5.41) is 3.32. The summed E-state index contributed by atoms with van der Waals surface area (Å²) in [7, 11) is 0. The molecule has 0 atom stereocenters. The fourth-order valence-corrected chi connectivity index (χ4v) is 1.84. The minimum absolute atomic E-state index is 0.726. The van der Waals surface area contributed by atoms with Crippen molar-refractivity contribution in [1.29, 1.82) is 0 Å². The van der Waals surface area contributed by atoms with Crippen molar-refractivity contribution in [2.45, 2.75) is 13.3 Å². The Morgan fingerprint density at radius 2 is 2.33 bits per heavy atom. The molecule has 1 heterocycles. The van der Waals surface area contributed by atoms with E-state index < -0.39 is 0 Å². The van der Waals surface area contributed by atoms with E-state index in [4.69, 9.17) is 4.74 Å². The molecule has 2 nitrogen and oxygen atoms in total. The Balaban J connectivity index is 2.20. The molecule has 0 radical (unpaired) electrons. The van der Waals surface area contributed by atoms with Gasteiger partial charge in [0.15, 0.2) is 0 Å². The molecule has 0 aliphatic carbocycles. The SMILES string of the molecule is CCOc1cccc(C2=CCNCC2)c1. The van der Waals surface area contributed by atoms with E-state index in [2.05, 4.69) is 29.6 Å². The average Bonchev–Trinajstić information content (AvgIpc) is 2.31. The van der Waals surface area contributed by atoms with Gasteiger partial charge in [0.1, 0.15) is 5.75 Å². The Hall–Kier alpha value is -1.28. The molecule has 1 aliphatic rings. The zero-order chi connectivity index (χ0) is 10.5. The van der Waals surface area contributed by atoms with Gasteiger partial charge in [0, 0.05) is 6.54 Å². The second-order valence-electron chi connectivity index (χ2n) is 3.64. The lowest BCUT2D eigenvalue weighted by Crippen LogP contribution is -2.19. The van der Waals surface area contributed by atoms with E-state index in [9.17, 15) is 0 Å². The molecular formula is C13H17NO. The Labute approximate surface area is 91.0 Å². The van der Waals surface area contributed by atoms with E-state index in [0.717, 1.165) is 31.9 Å². The largest absolute Gasteiger partial charge is 0.494 e. The topological polar surface area (TPSA) is 21.3 Å². The summed E-state index contributed by atoms with van der Waals surface area (Å²) in [6.45, 7) is 4.79. The Bertz CT molecular complexity index is 357. The molecule has 1 N–H and O–H groups in total. The Morgan fingerprint density at radius 1 is 1.40 bits per heavy atom. The zero-order valence-electron chi connectivity index (χ0n) is 9.12. The highest BCUT2D eigenvalue weighted by molar-refractivity contribution is 5.67. The third kappa shape index (κ3) is 2.60. The van der Waals surface area contributed by atoms with Gasteiger partial charge in [-0.05, 0) is 43.2 Å². The fourth-order valence-electron chi connectivity index (χ4n) is 1.84. The molecule has 0 saturated carbocycles. The van der Waals surface area contributed by atoms with Gasteiger partial charge in [0.05, 0.1) is 6.61 Å². The van der Waals surface area contributed by atoms with Gasteiger partial charge in [0.2, 0.25) is 0 Å². The molecular weight excluding hydrogens is 186 g/mol. The molecule has 2 rings (SSSR count). The second-order valence-corrected chi connectivity index (χ2v) is 3.64. The van der Waals surface area contributed by atoms with E-state index in [1.807, 2.05) is 13.0 Å². The fraction of sp³-hybridized carbons (Fsp3) is 0.385. The summed E-state index contributed by atoms with van der Waals surface area (Å²) in [4.78, 5) is 0. The summed E-state index contributed by atoms with van der Waals surface area (Å²) in [5.41, 5.74) is 2.72. The molecule has 0 aromatic heterocycles. The lowest BCUT2D eigenvalue weighted by molar-refractivity contribution is 0.340. The van der Waals surface area contributed by atoms with Crippen LogP contribution in [0.3, 0.4) is 0 Å². The molecule has 0 unspecified atom stereocenters. The molecule has 2 heteroatoms. The van der Waals surface area contributed by atoms with E-state index in [1.54, 1.807) is 0 Å². The number of ether oxygens (including phenoxy) is 1. The van der Waals surface area contributed by atoms with Crippen LogP contribution in [0.25, 0.3) is 5.57 Å². The first-order chi connectivity index (χ1) is 7.40. The maximum absolute atomic E-state index is 5.49. The summed E-state index contributed by atoms with van der Waals surface area (Å²) in [6, 6.07) is 8.35. The third-order valence-electron chi connectivity index (χ3n) is 2.58. The molecule has 1 aromatic carbocycles. The van der Waals surface area contributed by atoms with Crippen LogP contribution in [0.2, 0.25) is 0 Å². The van der Waals surface area contributed by atoms with Gasteiger partial charge in [-0.3, -0.25) is 0 Å². The van der Waals surface area contributed by atoms with E-state index in [0.29, 0.717) is 0 Å². The monoisotopic (exact) mass is 203 g/mol. The molecule has 15 heavy (non-hydrogen) atoms. The normalized spacial score (nSPS) is 15.9. The van der Waals surface area contributed by atoms with Crippen LogP contribution in [0.5, 0.6) is 5.75 Å². The maximum atomic E-state index is 5.49. The number of hydrogen-bond donors (Lipinski definition) is 1. The number of hydrogen-bond acceptors (Lipinski definition) is 2. The first kappa shape index (κ1) is 10.2. The molecule has 1 aliphatic heterocycles. The van der Waals surface area contributed by atoms with Crippen LogP contribution < -0.4 is 10.1 Å². The molecule has 0 bridgehead atoms.